The van der Waals surface area contributed by atoms with E-state index in [9.17, 15) is 0 Å². The second kappa shape index (κ2) is 9.60. The van der Waals surface area contributed by atoms with Gasteiger partial charge in [0.2, 0.25) is 0 Å². The zero-order chi connectivity index (χ0) is 15.7. The van der Waals surface area contributed by atoms with Crippen LogP contribution in [0, 0.1) is 0 Å². The summed E-state index contributed by atoms with van der Waals surface area (Å²) in [5, 5.41) is 12.5. The molecule has 0 fully saturated rings. The molecule has 1 aromatic carbocycles. The van der Waals surface area contributed by atoms with Crippen molar-refractivity contribution in [2.45, 2.75) is 31.8 Å². The molecule has 2 atom stereocenters. The number of benzene rings is 1. The van der Waals surface area contributed by atoms with Crippen LogP contribution in [0.4, 0.5) is 0 Å². The van der Waals surface area contributed by atoms with Crippen LogP contribution < -0.4 is 14.8 Å². The maximum Gasteiger partial charge on any atom is 0.160 e. The number of aliphatic hydroxyl groups is 1. The van der Waals surface area contributed by atoms with Gasteiger partial charge in [-0.05, 0) is 37.5 Å². The van der Waals surface area contributed by atoms with Gasteiger partial charge < -0.3 is 24.6 Å². The van der Waals surface area contributed by atoms with Gasteiger partial charge in [0.25, 0.3) is 0 Å². The molecule has 120 valence electrons. The fourth-order valence-corrected chi connectivity index (χ4v) is 2.39. The minimum Gasteiger partial charge on any atom is -0.493 e. The molecule has 2 unspecified atom stereocenters. The van der Waals surface area contributed by atoms with E-state index in [1.54, 1.807) is 21.3 Å². The van der Waals surface area contributed by atoms with Crippen molar-refractivity contribution in [3.8, 4) is 11.5 Å². The molecule has 5 nitrogen and oxygen atoms in total. The maximum absolute atomic E-state index is 9.07. The van der Waals surface area contributed by atoms with Gasteiger partial charge in [-0.1, -0.05) is 6.07 Å². The first-order valence-electron chi connectivity index (χ1n) is 7.21. The van der Waals surface area contributed by atoms with Crippen molar-refractivity contribution in [2.75, 3.05) is 34.5 Å². The molecule has 0 saturated carbocycles. The second-order valence-electron chi connectivity index (χ2n) is 5.13. The molecule has 0 bridgehead atoms. The summed E-state index contributed by atoms with van der Waals surface area (Å²) in [7, 11) is 4.94. The van der Waals surface area contributed by atoms with Crippen LogP contribution in [0.2, 0.25) is 0 Å². The molecule has 21 heavy (non-hydrogen) atoms. The van der Waals surface area contributed by atoms with E-state index in [4.69, 9.17) is 19.3 Å². The number of aliphatic hydroxyl groups excluding tert-OH is 1. The summed E-state index contributed by atoms with van der Waals surface area (Å²) in [6.45, 7) is 2.87. The Kier molecular flexibility index (Phi) is 8.12. The van der Waals surface area contributed by atoms with Gasteiger partial charge in [-0.25, -0.2) is 0 Å². The normalized spacial score (nSPS) is 13.8. The number of hydrogen-bond donors (Lipinski definition) is 2. The molecule has 0 aliphatic carbocycles. The molecule has 5 heteroatoms. The Morgan fingerprint density at radius 2 is 1.86 bits per heavy atom. The highest BCUT2D eigenvalue weighted by atomic mass is 16.5. The van der Waals surface area contributed by atoms with Gasteiger partial charge in [0.1, 0.15) is 0 Å². The first-order valence-corrected chi connectivity index (χ1v) is 7.21. The summed E-state index contributed by atoms with van der Waals surface area (Å²) < 4.78 is 15.7. The van der Waals surface area contributed by atoms with Crippen molar-refractivity contribution >= 4 is 0 Å². The Bertz CT molecular complexity index is 405. The Morgan fingerprint density at radius 3 is 2.43 bits per heavy atom. The summed E-state index contributed by atoms with van der Waals surface area (Å²) >= 11 is 0. The smallest absolute Gasteiger partial charge is 0.160 e. The van der Waals surface area contributed by atoms with Crippen molar-refractivity contribution in [3.63, 3.8) is 0 Å². The van der Waals surface area contributed by atoms with Crippen LogP contribution in [0.3, 0.4) is 0 Å². The van der Waals surface area contributed by atoms with Crippen molar-refractivity contribution in [1.82, 2.24) is 5.32 Å². The van der Waals surface area contributed by atoms with E-state index in [0.29, 0.717) is 13.0 Å². The van der Waals surface area contributed by atoms with Crippen molar-refractivity contribution in [2.24, 2.45) is 0 Å². The highest BCUT2D eigenvalue weighted by Crippen LogP contribution is 2.27. The molecule has 0 aliphatic rings. The molecule has 0 amide bonds. The van der Waals surface area contributed by atoms with Gasteiger partial charge in [-0.3, -0.25) is 0 Å². The van der Waals surface area contributed by atoms with Gasteiger partial charge in [0, 0.05) is 25.8 Å². The number of rotatable bonds is 10. The topological polar surface area (TPSA) is 60.0 Å². The predicted octanol–water partition coefficient (Wildman–Crippen LogP) is 1.62. The van der Waals surface area contributed by atoms with Crippen LogP contribution in [-0.2, 0) is 11.2 Å². The summed E-state index contributed by atoms with van der Waals surface area (Å²) in [5.74, 6) is 1.48. The van der Waals surface area contributed by atoms with Crippen molar-refractivity contribution in [1.29, 1.82) is 0 Å². The molecule has 0 spiro atoms. The molecule has 1 rings (SSSR count). The third kappa shape index (κ3) is 5.91. The number of ether oxygens (including phenoxy) is 3. The molecular formula is C16H27NO4. The SMILES string of the molecule is COCC(CCO)NC(C)Cc1ccc(OC)c(OC)c1. The highest BCUT2D eigenvalue weighted by Gasteiger charge is 2.13. The molecule has 0 radical (unpaired) electrons. The highest BCUT2D eigenvalue weighted by molar-refractivity contribution is 5.43. The first-order chi connectivity index (χ1) is 10.1. The first kappa shape index (κ1) is 17.8. The van der Waals surface area contributed by atoms with E-state index < -0.39 is 0 Å². The van der Waals surface area contributed by atoms with E-state index in [-0.39, 0.29) is 18.7 Å². The van der Waals surface area contributed by atoms with Gasteiger partial charge in [-0.15, -0.1) is 0 Å². The van der Waals surface area contributed by atoms with Gasteiger partial charge in [0.05, 0.1) is 20.8 Å². The van der Waals surface area contributed by atoms with Crippen molar-refractivity contribution < 1.29 is 19.3 Å². The Balaban J connectivity index is 2.62. The summed E-state index contributed by atoms with van der Waals surface area (Å²) in [6, 6.07) is 6.39. The quantitative estimate of drug-likeness (QED) is 0.687. The van der Waals surface area contributed by atoms with Gasteiger partial charge in [-0.2, -0.15) is 0 Å². The van der Waals surface area contributed by atoms with E-state index >= 15 is 0 Å². The lowest BCUT2D eigenvalue weighted by Gasteiger charge is -2.22. The van der Waals surface area contributed by atoms with E-state index in [1.807, 2.05) is 18.2 Å². The molecule has 0 aromatic heterocycles. The van der Waals surface area contributed by atoms with Gasteiger partial charge >= 0.3 is 0 Å². The lowest BCUT2D eigenvalue weighted by Crippen LogP contribution is -2.41. The Hall–Kier alpha value is -1.30. The third-order valence-electron chi connectivity index (χ3n) is 3.36. The largest absolute Gasteiger partial charge is 0.493 e. The summed E-state index contributed by atoms with van der Waals surface area (Å²) in [6.07, 6.45) is 1.55. The molecular weight excluding hydrogens is 270 g/mol. The van der Waals surface area contributed by atoms with Crippen LogP contribution in [-0.4, -0.2) is 51.7 Å². The average Bonchev–Trinajstić information content (AvgIpc) is 2.47. The lowest BCUT2D eigenvalue weighted by atomic mass is 10.0. The fourth-order valence-electron chi connectivity index (χ4n) is 2.39. The van der Waals surface area contributed by atoms with E-state index in [0.717, 1.165) is 17.9 Å². The summed E-state index contributed by atoms with van der Waals surface area (Å²) in [4.78, 5) is 0. The predicted molar refractivity (Wildman–Crippen MR) is 83.2 cm³/mol. The summed E-state index contributed by atoms with van der Waals surface area (Å²) in [5.41, 5.74) is 1.17. The maximum atomic E-state index is 9.07. The van der Waals surface area contributed by atoms with E-state index in [2.05, 4.69) is 12.2 Å². The fraction of sp³-hybridized carbons (Fsp3) is 0.625. The third-order valence-corrected chi connectivity index (χ3v) is 3.36. The number of methoxy groups -OCH3 is 3. The van der Waals surface area contributed by atoms with Crippen LogP contribution in [0.5, 0.6) is 11.5 Å². The zero-order valence-corrected chi connectivity index (χ0v) is 13.4. The van der Waals surface area contributed by atoms with Crippen LogP contribution in [0.1, 0.15) is 18.9 Å². The van der Waals surface area contributed by atoms with Gasteiger partial charge in [0.15, 0.2) is 11.5 Å². The standard InChI is InChI=1S/C16H27NO4/c1-12(17-14(7-8-18)11-19-2)9-13-5-6-15(20-3)16(10-13)21-4/h5-6,10,12,14,17-18H,7-9,11H2,1-4H3. The van der Waals surface area contributed by atoms with Crippen LogP contribution in [0.25, 0.3) is 0 Å². The number of hydrogen-bond acceptors (Lipinski definition) is 5. The molecule has 1 aromatic rings. The average molecular weight is 297 g/mol. The molecule has 0 saturated heterocycles. The molecule has 0 heterocycles. The minimum absolute atomic E-state index is 0.157. The van der Waals surface area contributed by atoms with E-state index in [1.165, 1.54) is 5.56 Å². The monoisotopic (exact) mass is 297 g/mol. The second-order valence-corrected chi connectivity index (χ2v) is 5.13. The molecule has 2 N–H and O–H groups in total. The Labute approximate surface area is 127 Å². The molecule has 0 aliphatic heterocycles. The lowest BCUT2D eigenvalue weighted by molar-refractivity contribution is 0.143. The van der Waals surface area contributed by atoms with Crippen LogP contribution >= 0.6 is 0 Å². The zero-order valence-electron chi connectivity index (χ0n) is 13.4. The Morgan fingerprint density at radius 1 is 1.14 bits per heavy atom. The number of nitrogens with one attached hydrogen (secondary N) is 1. The van der Waals surface area contributed by atoms with Crippen molar-refractivity contribution in [3.05, 3.63) is 23.8 Å². The minimum atomic E-state index is 0.157. The van der Waals surface area contributed by atoms with Crippen LogP contribution in [0.15, 0.2) is 18.2 Å².